The maximum absolute atomic E-state index is 5.58. The molecule has 88 valence electrons. The normalized spacial score (nSPS) is 11.6. The molecule has 3 heteroatoms. The standard InChI is InChI=1S/C14H15NO2/c15-6-2-1-3-12-11-5-8-16-13(11)9-10-4-7-17-14(10)12/h4-5,7-9H,1-3,6,15H2. The summed E-state index contributed by atoms with van der Waals surface area (Å²) in [5, 5.41) is 2.26. The summed E-state index contributed by atoms with van der Waals surface area (Å²) in [6.45, 7) is 0.739. The molecule has 3 aromatic rings. The Morgan fingerprint density at radius 3 is 2.82 bits per heavy atom. The van der Waals surface area contributed by atoms with Crippen LogP contribution >= 0.6 is 0 Å². The zero-order valence-corrected chi connectivity index (χ0v) is 9.61. The van der Waals surface area contributed by atoms with Gasteiger partial charge < -0.3 is 14.6 Å². The first-order chi connectivity index (χ1) is 8.40. The van der Waals surface area contributed by atoms with Crippen molar-refractivity contribution < 1.29 is 8.83 Å². The van der Waals surface area contributed by atoms with Crippen LogP contribution in [0.15, 0.2) is 39.6 Å². The van der Waals surface area contributed by atoms with E-state index in [1.165, 1.54) is 5.56 Å². The number of hydrogen-bond donors (Lipinski definition) is 1. The summed E-state index contributed by atoms with van der Waals surface area (Å²) >= 11 is 0. The monoisotopic (exact) mass is 229 g/mol. The molecule has 0 aliphatic rings. The van der Waals surface area contributed by atoms with E-state index in [1.807, 2.05) is 18.2 Å². The van der Waals surface area contributed by atoms with Gasteiger partial charge in [0.15, 0.2) is 0 Å². The summed E-state index contributed by atoms with van der Waals surface area (Å²) in [6, 6.07) is 6.01. The van der Waals surface area contributed by atoms with Crippen molar-refractivity contribution in [3.05, 3.63) is 36.3 Å². The van der Waals surface area contributed by atoms with Crippen LogP contribution in [0.5, 0.6) is 0 Å². The van der Waals surface area contributed by atoms with Crippen LogP contribution in [0, 0.1) is 0 Å². The van der Waals surface area contributed by atoms with Crippen LogP contribution in [0.1, 0.15) is 18.4 Å². The van der Waals surface area contributed by atoms with Crippen LogP contribution < -0.4 is 5.73 Å². The molecule has 2 heterocycles. The number of unbranched alkanes of at least 4 members (excludes halogenated alkanes) is 1. The fourth-order valence-electron chi connectivity index (χ4n) is 2.32. The Kier molecular flexibility index (Phi) is 2.61. The Balaban J connectivity index is 2.13. The van der Waals surface area contributed by atoms with E-state index in [1.54, 1.807) is 12.5 Å². The van der Waals surface area contributed by atoms with Gasteiger partial charge in [0, 0.05) is 16.3 Å². The van der Waals surface area contributed by atoms with Gasteiger partial charge in [0.2, 0.25) is 0 Å². The van der Waals surface area contributed by atoms with E-state index >= 15 is 0 Å². The van der Waals surface area contributed by atoms with Crippen LogP contribution in [0.2, 0.25) is 0 Å². The third-order valence-corrected chi connectivity index (χ3v) is 3.16. The van der Waals surface area contributed by atoms with Crippen molar-refractivity contribution in [1.82, 2.24) is 0 Å². The Morgan fingerprint density at radius 2 is 1.94 bits per heavy atom. The van der Waals surface area contributed by atoms with Gasteiger partial charge >= 0.3 is 0 Å². The molecule has 0 bridgehead atoms. The lowest BCUT2D eigenvalue weighted by Gasteiger charge is -2.03. The highest BCUT2D eigenvalue weighted by atomic mass is 16.3. The zero-order valence-electron chi connectivity index (χ0n) is 9.61. The number of aryl methyl sites for hydroxylation is 1. The predicted octanol–water partition coefficient (Wildman–Crippen LogP) is 3.46. The van der Waals surface area contributed by atoms with E-state index in [2.05, 4.69) is 0 Å². The number of rotatable bonds is 4. The SMILES string of the molecule is NCCCCc1c2ccoc2cc2ccoc12. The third-order valence-electron chi connectivity index (χ3n) is 3.16. The molecule has 0 radical (unpaired) electrons. The van der Waals surface area contributed by atoms with Gasteiger partial charge in [0.1, 0.15) is 11.2 Å². The van der Waals surface area contributed by atoms with E-state index in [0.717, 1.165) is 47.7 Å². The largest absolute Gasteiger partial charge is 0.464 e. The fraction of sp³-hybridized carbons (Fsp3) is 0.286. The molecule has 2 N–H and O–H groups in total. The van der Waals surface area contributed by atoms with Gasteiger partial charge in [0.25, 0.3) is 0 Å². The fourth-order valence-corrected chi connectivity index (χ4v) is 2.32. The van der Waals surface area contributed by atoms with Crippen molar-refractivity contribution in [3.8, 4) is 0 Å². The van der Waals surface area contributed by atoms with Gasteiger partial charge in [-0.3, -0.25) is 0 Å². The second-order valence-corrected chi connectivity index (χ2v) is 4.27. The van der Waals surface area contributed by atoms with Gasteiger partial charge in [0.05, 0.1) is 12.5 Å². The van der Waals surface area contributed by atoms with Crippen molar-refractivity contribution in [3.63, 3.8) is 0 Å². The molecule has 0 fully saturated rings. The van der Waals surface area contributed by atoms with E-state index in [4.69, 9.17) is 14.6 Å². The molecule has 3 nitrogen and oxygen atoms in total. The van der Waals surface area contributed by atoms with Crippen LogP contribution in [-0.2, 0) is 6.42 Å². The average Bonchev–Trinajstić information content (AvgIpc) is 2.95. The molecule has 0 atom stereocenters. The molecule has 17 heavy (non-hydrogen) atoms. The van der Waals surface area contributed by atoms with Gasteiger partial charge in [-0.25, -0.2) is 0 Å². The van der Waals surface area contributed by atoms with Crippen molar-refractivity contribution in [1.29, 1.82) is 0 Å². The highest BCUT2D eigenvalue weighted by Crippen LogP contribution is 2.30. The summed E-state index contributed by atoms with van der Waals surface area (Å²) in [5.74, 6) is 0. The van der Waals surface area contributed by atoms with Crippen molar-refractivity contribution in [2.45, 2.75) is 19.3 Å². The lowest BCUT2D eigenvalue weighted by Crippen LogP contribution is -1.99. The maximum Gasteiger partial charge on any atom is 0.137 e. The first-order valence-electron chi connectivity index (χ1n) is 5.96. The first-order valence-corrected chi connectivity index (χ1v) is 5.96. The molecule has 0 aliphatic carbocycles. The van der Waals surface area contributed by atoms with Crippen molar-refractivity contribution in [2.75, 3.05) is 6.54 Å². The Morgan fingerprint density at radius 1 is 1.06 bits per heavy atom. The molecule has 0 spiro atoms. The number of fused-ring (bicyclic) bond motifs is 2. The highest BCUT2D eigenvalue weighted by molar-refractivity contribution is 5.97. The van der Waals surface area contributed by atoms with Crippen LogP contribution in [0.3, 0.4) is 0 Å². The molecule has 0 amide bonds. The minimum atomic E-state index is 0.739. The summed E-state index contributed by atoms with van der Waals surface area (Å²) < 4.78 is 11.1. The predicted molar refractivity (Wildman–Crippen MR) is 68.0 cm³/mol. The topological polar surface area (TPSA) is 52.3 Å². The molecular weight excluding hydrogens is 214 g/mol. The molecule has 1 aromatic carbocycles. The van der Waals surface area contributed by atoms with Crippen LogP contribution in [-0.4, -0.2) is 6.54 Å². The van der Waals surface area contributed by atoms with E-state index in [9.17, 15) is 0 Å². The average molecular weight is 229 g/mol. The maximum atomic E-state index is 5.58. The summed E-state index contributed by atoms with van der Waals surface area (Å²) in [4.78, 5) is 0. The van der Waals surface area contributed by atoms with Crippen molar-refractivity contribution >= 4 is 21.9 Å². The summed E-state index contributed by atoms with van der Waals surface area (Å²) in [7, 11) is 0. The Labute approximate surface area is 99.2 Å². The summed E-state index contributed by atoms with van der Waals surface area (Å²) in [5.41, 5.74) is 8.69. The Hall–Kier alpha value is -1.74. The molecule has 0 saturated carbocycles. The lowest BCUT2D eigenvalue weighted by molar-refractivity contribution is 0.606. The third kappa shape index (κ3) is 1.72. The number of hydrogen-bond acceptors (Lipinski definition) is 3. The Bertz CT molecular complexity index is 587. The van der Waals surface area contributed by atoms with Gasteiger partial charge in [-0.1, -0.05) is 0 Å². The minimum Gasteiger partial charge on any atom is -0.464 e. The number of furan rings is 2. The van der Waals surface area contributed by atoms with Crippen molar-refractivity contribution in [2.24, 2.45) is 5.73 Å². The van der Waals surface area contributed by atoms with E-state index in [0.29, 0.717) is 0 Å². The number of benzene rings is 1. The number of nitrogens with two attached hydrogens (primary N) is 1. The van der Waals surface area contributed by atoms with Gasteiger partial charge in [-0.05, 0) is 44.0 Å². The zero-order chi connectivity index (χ0) is 11.7. The van der Waals surface area contributed by atoms with Crippen LogP contribution in [0.25, 0.3) is 21.9 Å². The van der Waals surface area contributed by atoms with E-state index in [-0.39, 0.29) is 0 Å². The van der Waals surface area contributed by atoms with Gasteiger partial charge in [-0.2, -0.15) is 0 Å². The lowest BCUT2D eigenvalue weighted by atomic mass is 10.0. The first kappa shape index (κ1) is 10.4. The van der Waals surface area contributed by atoms with Crippen LogP contribution in [0.4, 0.5) is 0 Å². The molecular formula is C14H15NO2. The van der Waals surface area contributed by atoms with Gasteiger partial charge in [-0.15, -0.1) is 0 Å². The smallest absolute Gasteiger partial charge is 0.137 e. The molecule has 0 unspecified atom stereocenters. The quantitative estimate of drug-likeness (QED) is 0.697. The molecule has 0 saturated heterocycles. The minimum absolute atomic E-state index is 0.739. The highest BCUT2D eigenvalue weighted by Gasteiger charge is 2.11. The molecule has 3 rings (SSSR count). The molecule has 0 aliphatic heterocycles. The second kappa shape index (κ2) is 4.26. The van der Waals surface area contributed by atoms with E-state index < -0.39 is 0 Å². The second-order valence-electron chi connectivity index (χ2n) is 4.27. The molecule has 2 aromatic heterocycles. The summed E-state index contributed by atoms with van der Waals surface area (Å²) in [6.07, 6.45) is 6.57.